The standard InChI is InChI=1S/C14H16BrNO4/c15-14-11(16(18)19)7-4-8-13(14)20-9-12(17)10-5-2-1-3-6-10/h4,7-8,10H,1-3,5-6,9H2. The van der Waals surface area contributed by atoms with Crippen LogP contribution in [0.3, 0.4) is 0 Å². The average molecular weight is 342 g/mol. The van der Waals surface area contributed by atoms with Gasteiger partial charge in [-0.05, 0) is 34.8 Å². The van der Waals surface area contributed by atoms with Gasteiger partial charge in [0.1, 0.15) is 16.8 Å². The predicted molar refractivity (Wildman–Crippen MR) is 77.9 cm³/mol. The summed E-state index contributed by atoms with van der Waals surface area (Å²) in [7, 11) is 0. The SMILES string of the molecule is O=C(COc1cccc([N+](=O)[O-])c1Br)C1CCCCC1. The van der Waals surface area contributed by atoms with Crippen LogP contribution in [0.25, 0.3) is 0 Å². The van der Waals surface area contributed by atoms with Crippen molar-refractivity contribution in [1.29, 1.82) is 0 Å². The predicted octanol–water partition coefficient (Wildman–Crippen LogP) is 3.89. The summed E-state index contributed by atoms with van der Waals surface area (Å²) in [5, 5.41) is 10.8. The van der Waals surface area contributed by atoms with Crippen LogP contribution in [0, 0.1) is 16.0 Å². The summed E-state index contributed by atoms with van der Waals surface area (Å²) in [5.74, 6) is 0.507. The Morgan fingerprint density at radius 1 is 1.35 bits per heavy atom. The van der Waals surface area contributed by atoms with E-state index in [-0.39, 0.29) is 28.5 Å². The van der Waals surface area contributed by atoms with Gasteiger partial charge in [0.2, 0.25) is 0 Å². The van der Waals surface area contributed by atoms with E-state index in [2.05, 4.69) is 15.9 Å². The minimum atomic E-state index is -0.486. The smallest absolute Gasteiger partial charge is 0.287 e. The van der Waals surface area contributed by atoms with Crippen molar-refractivity contribution in [2.45, 2.75) is 32.1 Å². The fourth-order valence-electron chi connectivity index (χ4n) is 2.44. The fraction of sp³-hybridized carbons (Fsp3) is 0.500. The van der Waals surface area contributed by atoms with Crippen LogP contribution in [0.1, 0.15) is 32.1 Å². The van der Waals surface area contributed by atoms with Gasteiger partial charge in [-0.2, -0.15) is 0 Å². The number of hydrogen-bond acceptors (Lipinski definition) is 4. The lowest BCUT2D eigenvalue weighted by atomic mass is 9.86. The average Bonchev–Trinajstić information content (AvgIpc) is 2.46. The molecular formula is C14H16BrNO4. The zero-order valence-corrected chi connectivity index (χ0v) is 12.6. The first-order chi connectivity index (χ1) is 9.59. The molecule has 20 heavy (non-hydrogen) atoms. The Hall–Kier alpha value is -1.43. The maximum absolute atomic E-state index is 12.0. The quantitative estimate of drug-likeness (QED) is 0.601. The minimum Gasteiger partial charge on any atom is -0.484 e. The Labute approximate surface area is 125 Å². The second-order valence-corrected chi connectivity index (χ2v) is 5.73. The van der Waals surface area contributed by atoms with Gasteiger partial charge in [-0.25, -0.2) is 0 Å². The molecule has 0 heterocycles. The Bertz CT molecular complexity index is 512. The molecule has 6 heteroatoms. The zero-order chi connectivity index (χ0) is 14.5. The van der Waals surface area contributed by atoms with Gasteiger partial charge in [0, 0.05) is 12.0 Å². The summed E-state index contributed by atoms with van der Waals surface area (Å²) in [4.78, 5) is 22.4. The highest BCUT2D eigenvalue weighted by molar-refractivity contribution is 9.10. The van der Waals surface area contributed by atoms with Crippen LogP contribution in [0.5, 0.6) is 5.75 Å². The van der Waals surface area contributed by atoms with E-state index in [4.69, 9.17) is 4.74 Å². The molecule has 0 amide bonds. The number of ketones is 1. The number of ether oxygens (including phenoxy) is 1. The van der Waals surface area contributed by atoms with Crippen LogP contribution >= 0.6 is 15.9 Å². The number of rotatable bonds is 5. The Balaban J connectivity index is 1.98. The summed E-state index contributed by atoms with van der Waals surface area (Å²) in [5.41, 5.74) is -0.0624. The first-order valence-corrected chi connectivity index (χ1v) is 7.47. The van der Waals surface area contributed by atoms with Gasteiger partial charge < -0.3 is 4.74 Å². The summed E-state index contributed by atoms with van der Waals surface area (Å²) in [6.45, 7) is -0.0234. The lowest BCUT2D eigenvalue weighted by Crippen LogP contribution is -2.23. The molecule has 0 N–H and O–H groups in total. The van der Waals surface area contributed by atoms with Gasteiger partial charge in [0.25, 0.3) is 5.69 Å². The van der Waals surface area contributed by atoms with E-state index in [1.807, 2.05) is 0 Å². The molecule has 1 aliphatic rings. The topological polar surface area (TPSA) is 69.4 Å². The lowest BCUT2D eigenvalue weighted by molar-refractivity contribution is -0.385. The summed E-state index contributed by atoms with van der Waals surface area (Å²) in [6.07, 6.45) is 5.24. The molecule has 2 rings (SSSR count). The maximum atomic E-state index is 12.0. The molecule has 0 aromatic heterocycles. The molecule has 0 unspecified atom stereocenters. The Kier molecular flexibility index (Phi) is 5.11. The van der Waals surface area contributed by atoms with Crippen LogP contribution in [-0.2, 0) is 4.79 Å². The monoisotopic (exact) mass is 341 g/mol. The molecular weight excluding hydrogens is 326 g/mol. The van der Waals surface area contributed by atoms with E-state index >= 15 is 0 Å². The van der Waals surface area contributed by atoms with Crippen molar-refractivity contribution in [1.82, 2.24) is 0 Å². The molecule has 0 atom stereocenters. The molecule has 1 fully saturated rings. The van der Waals surface area contributed by atoms with E-state index in [0.717, 1.165) is 25.7 Å². The number of nitro benzene ring substituents is 1. The highest BCUT2D eigenvalue weighted by atomic mass is 79.9. The van der Waals surface area contributed by atoms with Crippen molar-refractivity contribution >= 4 is 27.4 Å². The number of halogens is 1. The highest BCUT2D eigenvalue weighted by Gasteiger charge is 2.22. The lowest BCUT2D eigenvalue weighted by Gasteiger charge is -2.20. The number of nitro groups is 1. The van der Waals surface area contributed by atoms with Gasteiger partial charge in [-0.1, -0.05) is 25.3 Å². The molecule has 5 nitrogen and oxygen atoms in total. The molecule has 1 aromatic carbocycles. The van der Waals surface area contributed by atoms with Gasteiger partial charge in [0.15, 0.2) is 5.78 Å². The molecule has 0 bridgehead atoms. The van der Waals surface area contributed by atoms with Gasteiger partial charge in [-0.3, -0.25) is 14.9 Å². The molecule has 1 saturated carbocycles. The van der Waals surface area contributed by atoms with Gasteiger partial charge in [-0.15, -0.1) is 0 Å². The van der Waals surface area contributed by atoms with Crippen molar-refractivity contribution in [2.75, 3.05) is 6.61 Å². The van der Waals surface area contributed by atoms with E-state index in [0.29, 0.717) is 5.75 Å². The van der Waals surface area contributed by atoms with Crippen LogP contribution in [-0.4, -0.2) is 17.3 Å². The van der Waals surface area contributed by atoms with E-state index < -0.39 is 4.92 Å². The number of benzene rings is 1. The molecule has 1 aromatic rings. The fourth-order valence-corrected chi connectivity index (χ4v) is 2.97. The third-order valence-electron chi connectivity index (χ3n) is 3.57. The first-order valence-electron chi connectivity index (χ1n) is 6.68. The third-order valence-corrected chi connectivity index (χ3v) is 4.37. The van der Waals surface area contributed by atoms with Crippen molar-refractivity contribution in [2.24, 2.45) is 5.92 Å². The Morgan fingerprint density at radius 2 is 2.05 bits per heavy atom. The second kappa shape index (κ2) is 6.83. The highest BCUT2D eigenvalue weighted by Crippen LogP contribution is 2.34. The minimum absolute atomic E-state index is 0.0234. The molecule has 0 radical (unpaired) electrons. The number of carbonyl (C=O) groups excluding carboxylic acids is 1. The van der Waals surface area contributed by atoms with E-state index in [9.17, 15) is 14.9 Å². The summed E-state index contributed by atoms with van der Waals surface area (Å²) in [6, 6.07) is 4.55. The van der Waals surface area contributed by atoms with Crippen molar-refractivity contribution in [3.63, 3.8) is 0 Å². The number of nitrogens with zero attached hydrogens (tertiary/aromatic N) is 1. The second-order valence-electron chi connectivity index (χ2n) is 4.94. The number of carbonyl (C=O) groups is 1. The zero-order valence-electron chi connectivity index (χ0n) is 11.0. The largest absolute Gasteiger partial charge is 0.484 e. The van der Waals surface area contributed by atoms with Crippen LogP contribution in [0.4, 0.5) is 5.69 Å². The summed E-state index contributed by atoms with van der Waals surface area (Å²) < 4.78 is 5.72. The van der Waals surface area contributed by atoms with Crippen molar-refractivity contribution in [3.05, 3.63) is 32.8 Å². The molecule has 0 saturated heterocycles. The van der Waals surface area contributed by atoms with Crippen molar-refractivity contribution < 1.29 is 14.5 Å². The van der Waals surface area contributed by atoms with Gasteiger partial charge in [0.05, 0.1) is 4.92 Å². The third kappa shape index (κ3) is 3.56. The first kappa shape index (κ1) is 15.0. The van der Waals surface area contributed by atoms with E-state index in [1.165, 1.54) is 12.5 Å². The van der Waals surface area contributed by atoms with Crippen molar-refractivity contribution in [3.8, 4) is 5.75 Å². The molecule has 0 aliphatic heterocycles. The van der Waals surface area contributed by atoms with Gasteiger partial charge >= 0.3 is 0 Å². The van der Waals surface area contributed by atoms with Crippen LogP contribution < -0.4 is 4.74 Å². The van der Waals surface area contributed by atoms with E-state index in [1.54, 1.807) is 12.1 Å². The summed E-state index contributed by atoms with van der Waals surface area (Å²) >= 11 is 3.15. The normalized spacial score (nSPS) is 15.8. The maximum Gasteiger partial charge on any atom is 0.287 e. The van der Waals surface area contributed by atoms with Crippen LogP contribution in [0.2, 0.25) is 0 Å². The molecule has 0 spiro atoms. The number of Topliss-reactive ketones (excluding diaryl/α,β-unsaturated/α-hetero) is 1. The Morgan fingerprint density at radius 3 is 2.70 bits per heavy atom. The number of hydrogen-bond donors (Lipinski definition) is 0. The molecule has 1 aliphatic carbocycles. The molecule has 108 valence electrons. The van der Waals surface area contributed by atoms with Crippen LogP contribution in [0.15, 0.2) is 22.7 Å².